The van der Waals surface area contributed by atoms with Crippen LogP contribution < -0.4 is 0 Å². The maximum Gasteiger partial charge on any atom is 0.0677 e. The summed E-state index contributed by atoms with van der Waals surface area (Å²) in [5.74, 6) is 0. The van der Waals surface area contributed by atoms with Gasteiger partial charge in [-0.05, 0) is 50.5 Å². The molecule has 2 atom stereocenters. The van der Waals surface area contributed by atoms with Gasteiger partial charge in [-0.15, -0.1) is 6.58 Å². The Labute approximate surface area is 134 Å². The molecular weight excluding hydrogens is 270 g/mol. The Morgan fingerprint density at radius 3 is 2.50 bits per heavy atom. The zero-order valence-electron chi connectivity index (χ0n) is 13.6. The number of unbranched alkanes of at least 4 members (excludes halogenated alkanes) is 1. The van der Waals surface area contributed by atoms with Crippen molar-refractivity contribution in [2.75, 3.05) is 0 Å². The molecule has 120 valence electrons. The third-order valence-corrected chi connectivity index (χ3v) is 5.50. The highest BCUT2D eigenvalue weighted by Gasteiger charge is 2.44. The van der Waals surface area contributed by atoms with Gasteiger partial charge in [0.25, 0.3) is 0 Å². The molecule has 1 aromatic rings. The van der Waals surface area contributed by atoms with E-state index in [4.69, 9.17) is 0 Å². The molecule has 2 heterocycles. The molecule has 0 spiro atoms. The molecule has 0 amide bonds. The summed E-state index contributed by atoms with van der Waals surface area (Å²) in [5, 5.41) is 11.0. The van der Waals surface area contributed by atoms with E-state index in [2.05, 4.69) is 41.8 Å². The predicted octanol–water partition coefficient (Wildman–Crippen LogP) is 4.29. The number of nitrogens with zero attached hydrogens (tertiary/aromatic N) is 1. The van der Waals surface area contributed by atoms with Crippen molar-refractivity contribution in [1.82, 2.24) is 4.90 Å². The van der Waals surface area contributed by atoms with Gasteiger partial charge in [0.2, 0.25) is 0 Å². The summed E-state index contributed by atoms with van der Waals surface area (Å²) in [6, 6.07) is 11.9. The Hall–Kier alpha value is -1.12. The molecule has 0 aliphatic carbocycles. The summed E-state index contributed by atoms with van der Waals surface area (Å²) in [5.41, 5.74) is 0.961. The average Bonchev–Trinajstić information content (AvgIpc) is 2.50. The fraction of sp³-hybridized carbons (Fsp3) is 0.600. The number of benzene rings is 1. The molecule has 22 heavy (non-hydrogen) atoms. The quantitative estimate of drug-likeness (QED) is 0.625. The minimum atomic E-state index is -0.439. The van der Waals surface area contributed by atoms with Crippen molar-refractivity contribution in [3.63, 3.8) is 0 Å². The minimum Gasteiger partial charge on any atom is -0.390 e. The highest BCUT2D eigenvalue weighted by atomic mass is 16.3. The van der Waals surface area contributed by atoms with Gasteiger partial charge in [-0.3, -0.25) is 4.90 Å². The first-order valence-corrected chi connectivity index (χ1v) is 8.83. The van der Waals surface area contributed by atoms with E-state index < -0.39 is 5.60 Å². The van der Waals surface area contributed by atoms with Crippen molar-refractivity contribution in [2.45, 2.75) is 75.6 Å². The van der Waals surface area contributed by atoms with Gasteiger partial charge in [0, 0.05) is 18.6 Å². The minimum absolute atomic E-state index is 0.439. The van der Waals surface area contributed by atoms with Crippen LogP contribution in [0.25, 0.3) is 0 Å². The van der Waals surface area contributed by atoms with Gasteiger partial charge in [0.15, 0.2) is 0 Å². The number of piperidine rings is 2. The average molecular weight is 299 g/mol. The van der Waals surface area contributed by atoms with Crippen LogP contribution in [0.1, 0.15) is 56.9 Å². The van der Waals surface area contributed by atoms with Gasteiger partial charge >= 0.3 is 0 Å². The molecular formula is C20H29NO. The van der Waals surface area contributed by atoms with Gasteiger partial charge in [0.1, 0.15) is 0 Å². The Bertz CT molecular complexity index is 470. The molecule has 1 aromatic carbocycles. The molecule has 0 aromatic heterocycles. The number of hydrogen-bond donors (Lipinski definition) is 1. The molecule has 0 radical (unpaired) electrons. The first-order chi connectivity index (χ1) is 10.7. The van der Waals surface area contributed by atoms with E-state index in [0.29, 0.717) is 12.1 Å². The zero-order valence-corrected chi connectivity index (χ0v) is 13.6. The number of aliphatic hydroxyl groups is 1. The molecule has 2 unspecified atom stereocenters. The van der Waals surface area contributed by atoms with E-state index in [1.165, 1.54) is 24.8 Å². The lowest BCUT2D eigenvalue weighted by atomic mass is 9.73. The second kappa shape index (κ2) is 6.97. The molecule has 0 saturated carbocycles. The first kappa shape index (κ1) is 15.8. The van der Waals surface area contributed by atoms with Crippen LogP contribution in [-0.2, 0) is 6.54 Å². The van der Waals surface area contributed by atoms with Crippen LogP contribution in [0.3, 0.4) is 0 Å². The molecule has 2 saturated heterocycles. The highest BCUT2D eigenvalue weighted by Crippen LogP contribution is 2.42. The molecule has 2 aliphatic rings. The number of hydrogen-bond acceptors (Lipinski definition) is 2. The van der Waals surface area contributed by atoms with Crippen LogP contribution in [0.2, 0.25) is 0 Å². The topological polar surface area (TPSA) is 23.5 Å². The summed E-state index contributed by atoms with van der Waals surface area (Å²) in [6.07, 6.45) is 10.7. The normalized spacial score (nSPS) is 31.9. The zero-order chi connectivity index (χ0) is 15.4. The van der Waals surface area contributed by atoms with Gasteiger partial charge in [-0.25, -0.2) is 0 Å². The number of rotatable bonds is 6. The smallest absolute Gasteiger partial charge is 0.0677 e. The second-order valence-electron chi connectivity index (χ2n) is 7.21. The molecule has 2 nitrogen and oxygen atoms in total. The Balaban J connectivity index is 1.67. The van der Waals surface area contributed by atoms with E-state index in [-0.39, 0.29) is 0 Å². The second-order valence-corrected chi connectivity index (χ2v) is 7.21. The lowest BCUT2D eigenvalue weighted by molar-refractivity contribution is -0.0996. The van der Waals surface area contributed by atoms with Crippen LogP contribution in [0, 0.1) is 0 Å². The predicted molar refractivity (Wildman–Crippen MR) is 91.6 cm³/mol. The van der Waals surface area contributed by atoms with Crippen molar-refractivity contribution in [3.8, 4) is 0 Å². The standard InChI is InChI=1S/C20H29NO/c1-2-3-7-13-20(22)14-18-11-8-12-19(15-20)21(18)16-17-9-5-4-6-10-17/h2,4-6,9-10,18-19,22H,1,3,7-8,11-16H2. The monoisotopic (exact) mass is 299 g/mol. The van der Waals surface area contributed by atoms with Gasteiger partial charge in [-0.2, -0.15) is 0 Å². The third kappa shape index (κ3) is 3.61. The van der Waals surface area contributed by atoms with Crippen LogP contribution in [0.4, 0.5) is 0 Å². The third-order valence-electron chi connectivity index (χ3n) is 5.50. The summed E-state index contributed by atoms with van der Waals surface area (Å²) < 4.78 is 0. The molecule has 2 bridgehead atoms. The Kier molecular flexibility index (Phi) is 5.00. The largest absolute Gasteiger partial charge is 0.390 e. The maximum absolute atomic E-state index is 11.0. The van der Waals surface area contributed by atoms with Gasteiger partial charge in [0.05, 0.1) is 5.60 Å². The van der Waals surface area contributed by atoms with Crippen LogP contribution in [0.5, 0.6) is 0 Å². The molecule has 3 rings (SSSR count). The number of fused-ring (bicyclic) bond motifs is 2. The number of allylic oxidation sites excluding steroid dienone is 1. The summed E-state index contributed by atoms with van der Waals surface area (Å²) >= 11 is 0. The summed E-state index contributed by atoms with van der Waals surface area (Å²) in [4.78, 5) is 2.67. The lowest BCUT2D eigenvalue weighted by Crippen LogP contribution is -2.57. The van der Waals surface area contributed by atoms with Crippen LogP contribution in [0.15, 0.2) is 43.0 Å². The van der Waals surface area contributed by atoms with Crippen LogP contribution >= 0.6 is 0 Å². The van der Waals surface area contributed by atoms with Crippen molar-refractivity contribution in [3.05, 3.63) is 48.6 Å². The molecule has 2 aliphatic heterocycles. The van der Waals surface area contributed by atoms with E-state index in [9.17, 15) is 5.11 Å². The summed E-state index contributed by atoms with van der Waals surface area (Å²) in [7, 11) is 0. The van der Waals surface area contributed by atoms with E-state index in [1.54, 1.807) is 0 Å². The maximum atomic E-state index is 11.0. The van der Waals surface area contributed by atoms with Crippen molar-refractivity contribution < 1.29 is 5.11 Å². The molecule has 2 fully saturated rings. The van der Waals surface area contributed by atoms with E-state index >= 15 is 0 Å². The first-order valence-electron chi connectivity index (χ1n) is 8.83. The fourth-order valence-electron chi connectivity index (χ4n) is 4.45. The van der Waals surface area contributed by atoms with E-state index in [0.717, 1.165) is 38.6 Å². The Morgan fingerprint density at radius 2 is 1.86 bits per heavy atom. The SMILES string of the molecule is C=CCCCC1(O)CC2CCCC(C1)N2Cc1ccccc1. The van der Waals surface area contributed by atoms with Gasteiger partial charge in [-0.1, -0.05) is 42.8 Å². The lowest BCUT2D eigenvalue weighted by Gasteiger charge is -2.52. The molecule has 1 N–H and O–H groups in total. The highest BCUT2D eigenvalue weighted by molar-refractivity contribution is 5.15. The van der Waals surface area contributed by atoms with Crippen molar-refractivity contribution in [1.29, 1.82) is 0 Å². The van der Waals surface area contributed by atoms with Crippen molar-refractivity contribution >= 4 is 0 Å². The van der Waals surface area contributed by atoms with Crippen LogP contribution in [-0.4, -0.2) is 27.7 Å². The fourth-order valence-corrected chi connectivity index (χ4v) is 4.45. The molecule has 2 heteroatoms. The van der Waals surface area contributed by atoms with E-state index in [1.807, 2.05) is 6.08 Å². The summed E-state index contributed by atoms with van der Waals surface area (Å²) in [6.45, 7) is 4.83. The van der Waals surface area contributed by atoms with Gasteiger partial charge < -0.3 is 5.11 Å². The van der Waals surface area contributed by atoms with Crippen molar-refractivity contribution in [2.24, 2.45) is 0 Å². The Morgan fingerprint density at radius 1 is 1.18 bits per heavy atom.